The lowest BCUT2D eigenvalue weighted by atomic mass is 10.1. The number of anilines is 1. The normalized spacial score (nSPS) is 16.1. The molecule has 2 aromatic rings. The summed E-state index contributed by atoms with van der Waals surface area (Å²) in [4.78, 5) is 26.0. The summed E-state index contributed by atoms with van der Waals surface area (Å²) in [6.07, 6.45) is 2.72. The van der Waals surface area contributed by atoms with Crippen molar-refractivity contribution in [3.05, 3.63) is 45.3 Å². The molecule has 174 valence electrons. The monoisotopic (exact) mass is 489 g/mol. The first-order chi connectivity index (χ1) is 15.8. The summed E-state index contributed by atoms with van der Waals surface area (Å²) in [5, 5.41) is 12.5. The van der Waals surface area contributed by atoms with E-state index in [9.17, 15) is 23.3 Å². The van der Waals surface area contributed by atoms with Gasteiger partial charge in [-0.3, -0.25) is 4.79 Å². The highest BCUT2D eigenvalue weighted by molar-refractivity contribution is 7.89. The number of nitrogens with one attached hydrogen (secondary N) is 1. The summed E-state index contributed by atoms with van der Waals surface area (Å²) in [7, 11) is -3.79. The predicted octanol–water partition coefficient (Wildman–Crippen LogP) is 2.23. The smallest absolute Gasteiger partial charge is 0.338 e. The fraction of sp³-hybridized carbons (Fsp3) is 0.409. The standard InChI is InChI=1S/C22H23N3O6S2/c1-14-5-6-15(11-19(14)33(28,29)25-7-9-30-10-8-25)22(27)31-13-20(26)24-21-17(12-23)16-3-2-4-18(16)32-21/h5-6,11H,2-4,7-10,13H2,1H3,(H,24,26). The molecule has 0 spiro atoms. The number of hydrogen-bond acceptors (Lipinski definition) is 8. The fourth-order valence-corrected chi connectivity index (χ4v) is 6.83. The molecule has 2 heterocycles. The van der Waals surface area contributed by atoms with Crippen molar-refractivity contribution in [2.24, 2.45) is 0 Å². The van der Waals surface area contributed by atoms with E-state index >= 15 is 0 Å². The number of benzene rings is 1. The maximum atomic E-state index is 13.0. The highest BCUT2D eigenvalue weighted by Gasteiger charge is 2.29. The molecule has 33 heavy (non-hydrogen) atoms. The molecular weight excluding hydrogens is 466 g/mol. The quantitative estimate of drug-likeness (QED) is 0.617. The van der Waals surface area contributed by atoms with Crippen LogP contribution in [0.25, 0.3) is 0 Å². The van der Waals surface area contributed by atoms with Crippen molar-refractivity contribution < 1.29 is 27.5 Å². The number of aryl methyl sites for hydroxylation is 2. The minimum absolute atomic E-state index is 0.0232. The summed E-state index contributed by atoms with van der Waals surface area (Å²) in [5.74, 6) is -1.37. The number of esters is 1. The average Bonchev–Trinajstić information content (AvgIpc) is 3.39. The average molecular weight is 490 g/mol. The van der Waals surface area contributed by atoms with Gasteiger partial charge in [0.1, 0.15) is 11.1 Å². The zero-order valence-electron chi connectivity index (χ0n) is 18.0. The number of amides is 1. The van der Waals surface area contributed by atoms with E-state index < -0.39 is 28.5 Å². The molecular formula is C22H23N3O6S2. The number of nitrogens with zero attached hydrogens (tertiary/aromatic N) is 2. The van der Waals surface area contributed by atoms with Gasteiger partial charge in [0.15, 0.2) is 6.61 Å². The van der Waals surface area contributed by atoms with Crippen molar-refractivity contribution in [2.45, 2.75) is 31.1 Å². The fourth-order valence-electron chi connectivity index (χ4n) is 3.92. The summed E-state index contributed by atoms with van der Waals surface area (Å²) >= 11 is 1.38. The van der Waals surface area contributed by atoms with E-state index in [0.29, 0.717) is 29.3 Å². The number of nitriles is 1. The third-order valence-electron chi connectivity index (χ3n) is 5.63. The molecule has 0 unspecified atom stereocenters. The van der Waals surface area contributed by atoms with Gasteiger partial charge in [-0.2, -0.15) is 9.57 Å². The van der Waals surface area contributed by atoms with Crippen LogP contribution in [0.3, 0.4) is 0 Å². The van der Waals surface area contributed by atoms with Crippen LogP contribution in [0.2, 0.25) is 0 Å². The second-order valence-electron chi connectivity index (χ2n) is 7.79. The van der Waals surface area contributed by atoms with Gasteiger partial charge >= 0.3 is 5.97 Å². The summed E-state index contributed by atoms with van der Waals surface area (Å²) in [6, 6.07) is 6.42. The highest BCUT2D eigenvalue weighted by atomic mass is 32.2. The van der Waals surface area contributed by atoms with Crippen LogP contribution in [-0.4, -0.2) is 57.5 Å². The molecule has 9 nitrogen and oxygen atoms in total. The number of morpholine rings is 1. The number of thiophene rings is 1. The summed E-state index contributed by atoms with van der Waals surface area (Å²) in [6.45, 7) is 2.22. The van der Waals surface area contributed by atoms with Crippen LogP contribution in [0.4, 0.5) is 5.00 Å². The number of sulfonamides is 1. The van der Waals surface area contributed by atoms with E-state index in [1.54, 1.807) is 6.92 Å². The minimum Gasteiger partial charge on any atom is -0.452 e. The Morgan fingerprint density at radius 3 is 2.76 bits per heavy atom. The van der Waals surface area contributed by atoms with Gasteiger partial charge in [0.05, 0.1) is 29.2 Å². The molecule has 1 amide bonds. The van der Waals surface area contributed by atoms with Gasteiger partial charge in [-0.15, -0.1) is 11.3 Å². The first-order valence-corrected chi connectivity index (χ1v) is 12.8. The molecule has 0 radical (unpaired) electrons. The summed E-state index contributed by atoms with van der Waals surface area (Å²) < 4.78 is 37.7. The van der Waals surface area contributed by atoms with Gasteiger partial charge in [0.25, 0.3) is 5.91 Å². The molecule has 2 aliphatic rings. The van der Waals surface area contributed by atoms with E-state index in [1.165, 1.54) is 33.8 Å². The Morgan fingerprint density at radius 1 is 1.27 bits per heavy atom. The van der Waals surface area contributed by atoms with Crippen LogP contribution >= 0.6 is 11.3 Å². The van der Waals surface area contributed by atoms with Crippen LogP contribution in [0.15, 0.2) is 23.1 Å². The topological polar surface area (TPSA) is 126 Å². The maximum Gasteiger partial charge on any atom is 0.338 e. The van der Waals surface area contributed by atoms with Crippen LogP contribution < -0.4 is 5.32 Å². The Kier molecular flexibility index (Phi) is 6.81. The van der Waals surface area contributed by atoms with Crippen molar-refractivity contribution >= 4 is 38.2 Å². The van der Waals surface area contributed by atoms with E-state index in [4.69, 9.17) is 9.47 Å². The Labute approximate surface area is 196 Å². The zero-order chi connectivity index (χ0) is 23.6. The Hall–Kier alpha value is -2.78. The molecule has 1 aliphatic carbocycles. The van der Waals surface area contributed by atoms with Crippen LogP contribution in [0, 0.1) is 18.3 Å². The zero-order valence-corrected chi connectivity index (χ0v) is 19.7. The van der Waals surface area contributed by atoms with E-state index in [-0.39, 0.29) is 23.5 Å². The van der Waals surface area contributed by atoms with Crippen molar-refractivity contribution in [2.75, 3.05) is 38.2 Å². The molecule has 0 saturated carbocycles. The minimum atomic E-state index is -3.79. The second-order valence-corrected chi connectivity index (χ2v) is 10.8. The lowest BCUT2D eigenvalue weighted by Crippen LogP contribution is -2.40. The van der Waals surface area contributed by atoms with Crippen molar-refractivity contribution in [3.63, 3.8) is 0 Å². The number of hydrogen-bond donors (Lipinski definition) is 1. The molecule has 11 heteroatoms. The first kappa shape index (κ1) is 23.4. The number of carbonyl (C=O) groups excluding carboxylic acids is 2. The molecule has 1 N–H and O–H groups in total. The number of rotatable bonds is 6. The molecule has 1 aromatic carbocycles. The van der Waals surface area contributed by atoms with E-state index in [2.05, 4.69) is 11.4 Å². The first-order valence-electron chi connectivity index (χ1n) is 10.5. The summed E-state index contributed by atoms with van der Waals surface area (Å²) in [5.41, 5.74) is 2.01. The SMILES string of the molecule is Cc1ccc(C(=O)OCC(=O)Nc2sc3c(c2C#N)CCC3)cc1S(=O)(=O)N1CCOCC1. The Balaban J connectivity index is 1.42. The van der Waals surface area contributed by atoms with E-state index in [0.717, 1.165) is 29.7 Å². The highest BCUT2D eigenvalue weighted by Crippen LogP contribution is 2.38. The van der Waals surface area contributed by atoms with Gasteiger partial charge in [-0.05, 0) is 49.4 Å². The number of fused-ring (bicyclic) bond motifs is 1. The third-order valence-corrected chi connectivity index (χ3v) is 8.88. The second kappa shape index (κ2) is 9.61. The predicted molar refractivity (Wildman–Crippen MR) is 121 cm³/mol. The lowest BCUT2D eigenvalue weighted by molar-refractivity contribution is -0.119. The van der Waals surface area contributed by atoms with E-state index in [1.807, 2.05) is 0 Å². The van der Waals surface area contributed by atoms with Crippen LogP contribution in [-0.2, 0) is 37.1 Å². The molecule has 0 atom stereocenters. The Morgan fingerprint density at radius 2 is 2.03 bits per heavy atom. The van der Waals surface area contributed by atoms with Gasteiger partial charge in [-0.25, -0.2) is 13.2 Å². The van der Waals surface area contributed by atoms with Gasteiger partial charge < -0.3 is 14.8 Å². The lowest BCUT2D eigenvalue weighted by Gasteiger charge is -2.26. The molecule has 1 aromatic heterocycles. The molecule has 1 aliphatic heterocycles. The largest absolute Gasteiger partial charge is 0.452 e. The molecule has 1 fully saturated rings. The van der Waals surface area contributed by atoms with Gasteiger partial charge in [-0.1, -0.05) is 6.07 Å². The van der Waals surface area contributed by atoms with Gasteiger partial charge in [0.2, 0.25) is 10.0 Å². The third kappa shape index (κ3) is 4.79. The molecule has 0 bridgehead atoms. The maximum absolute atomic E-state index is 13.0. The number of ether oxygens (including phenoxy) is 2. The number of carbonyl (C=O) groups is 2. The van der Waals surface area contributed by atoms with Crippen LogP contribution in [0.5, 0.6) is 0 Å². The van der Waals surface area contributed by atoms with Gasteiger partial charge in [0, 0.05) is 18.0 Å². The van der Waals surface area contributed by atoms with Crippen molar-refractivity contribution in [1.29, 1.82) is 5.26 Å². The molecule has 1 saturated heterocycles. The van der Waals surface area contributed by atoms with Crippen LogP contribution in [0.1, 0.15) is 38.3 Å². The Bertz CT molecular complexity index is 1240. The molecule has 4 rings (SSSR count). The van der Waals surface area contributed by atoms with Crippen molar-refractivity contribution in [3.8, 4) is 6.07 Å². The van der Waals surface area contributed by atoms with Crippen molar-refractivity contribution in [1.82, 2.24) is 4.31 Å².